The molecule has 1 aliphatic rings. The van der Waals surface area contributed by atoms with E-state index in [1.54, 1.807) is 0 Å². The van der Waals surface area contributed by atoms with Gasteiger partial charge in [-0.1, -0.05) is 6.42 Å². The maximum absolute atomic E-state index is 10.8. The summed E-state index contributed by atoms with van der Waals surface area (Å²) in [5.41, 5.74) is 5.68. The Morgan fingerprint density at radius 3 is 2.69 bits per heavy atom. The van der Waals surface area contributed by atoms with Gasteiger partial charge in [0.2, 0.25) is 10.0 Å². The molecule has 0 saturated heterocycles. The molecule has 0 aromatic heterocycles. The highest BCUT2D eigenvalue weighted by Gasteiger charge is 2.24. The number of rotatable bonds is 7. The highest BCUT2D eigenvalue weighted by Crippen LogP contribution is 2.24. The monoisotopic (exact) mass is 249 g/mol. The fraction of sp³-hybridized carbons (Fsp3) is 1.00. The molecule has 1 saturated carbocycles. The summed E-state index contributed by atoms with van der Waals surface area (Å²) in [7, 11) is -3.04. The van der Waals surface area contributed by atoms with Crippen molar-refractivity contribution < 1.29 is 8.42 Å². The molecule has 5 nitrogen and oxygen atoms in total. The van der Waals surface area contributed by atoms with E-state index in [-0.39, 0.29) is 0 Å². The SMILES string of the molecule is CS(=O)(=O)NCCCNC1CCCC1CN. The predicted octanol–water partition coefficient (Wildman–Crippen LogP) is -0.357. The van der Waals surface area contributed by atoms with Crippen LogP contribution in [0.4, 0.5) is 0 Å². The van der Waals surface area contributed by atoms with Gasteiger partial charge in [0.15, 0.2) is 0 Å². The molecule has 1 aliphatic carbocycles. The topological polar surface area (TPSA) is 84.2 Å². The molecule has 0 heterocycles. The fourth-order valence-electron chi connectivity index (χ4n) is 2.22. The first-order valence-electron chi connectivity index (χ1n) is 5.91. The molecule has 6 heteroatoms. The van der Waals surface area contributed by atoms with Crippen LogP contribution in [0.3, 0.4) is 0 Å². The van der Waals surface area contributed by atoms with Gasteiger partial charge >= 0.3 is 0 Å². The molecule has 0 aromatic rings. The maximum Gasteiger partial charge on any atom is 0.208 e. The van der Waals surface area contributed by atoms with E-state index in [2.05, 4.69) is 10.0 Å². The first-order chi connectivity index (χ1) is 7.53. The molecule has 0 spiro atoms. The van der Waals surface area contributed by atoms with E-state index in [1.165, 1.54) is 25.5 Å². The lowest BCUT2D eigenvalue weighted by Crippen LogP contribution is -2.37. The smallest absolute Gasteiger partial charge is 0.208 e. The zero-order chi connectivity index (χ0) is 12.0. The van der Waals surface area contributed by atoms with E-state index in [0.29, 0.717) is 18.5 Å². The zero-order valence-electron chi connectivity index (χ0n) is 9.91. The zero-order valence-corrected chi connectivity index (χ0v) is 10.7. The second kappa shape index (κ2) is 6.54. The van der Waals surface area contributed by atoms with Gasteiger partial charge in [-0.25, -0.2) is 13.1 Å². The minimum absolute atomic E-state index is 0.506. The Balaban J connectivity index is 2.07. The Bertz CT molecular complexity index is 292. The third-order valence-electron chi connectivity index (χ3n) is 3.09. The lowest BCUT2D eigenvalue weighted by molar-refractivity contribution is 0.405. The van der Waals surface area contributed by atoms with Gasteiger partial charge in [0.1, 0.15) is 0 Å². The number of nitrogens with two attached hydrogens (primary N) is 1. The molecule has 4 N–H and O–H groups in total. The highest BCUT2D eigenvalue weighted by molar-refractivity contribution is 7.88. The number of hydrogen-bond acceptors (Lipinski definition) is 4. The van der Waals surface area contributed by atoms with Crippen LogP contribution in [0.25, 0.3) is 0 Å². The van der Waals surface area contributed by atoms with Crippen molar-refractivity contribution in [3.05, 3.63) is 0 Å². The van der Waals surface area contributed by atoms with Crippen molar-refractivity contribution in [2.45, 2.75) is 31.7 Å². The summed E-state index contributed by atoms with van der Waals surface area (Å²) in [6.07, 6.45) is 5.67. The van der Waals surface area contributed by atoms with Crippen molar-refractivity contribution in [1.82, 2.24) is 10.0 Å². The Morgan fingerprint density at radius 1 is 1.31 bits per heavy atom. The molecular formula is C10H23N3O2S. The predicted molar refractivity (Wildman–Crippen MR) is 65.6 cm³/mol. The molecule has 2 unspecified atom stereocenters. The second-order valence-electron chi connectivity index (χ2n) is 4.51. The third-order valence-corrected chi connectivity index (χ3v) is 3.81. The van der Waals surface area contributed by atoms with Gasteiger partial charge < -0.3 is 11.1 Å². The summed E-state index contributed by atoms with van der Waals surface area (Å²) in [5.74, 6) is 0.600. The molecular weight excluding hydrogens is 226 g/mol. The van der Waals surface area contributed by atoms with E-state index in [4.69, 9.17) is 5.73 Å². The summed E-state index contributed by atoms with van der Waals surface area (Å²) in [6.45, 7) is 2.11. The van der Waals surface area contributed by atoms with Crippen molar-refractivity contribution >= 4 is 10.0 Å². The van der Waals surface area contributed by atoms with Crippen molar-refractivity contribution in [2.75, 3.05) is 25.9 Å². The summed E-state index contributed by atoms with van der Waals surface area (Å²) in [5, 5.41) is 3.45. The Kier molecular flexibility index (Phi) is 5.68. The van der Waals surface area contributed by atoms with E-state index < -0.39 is 10.0 Å². The second-order valence-corrected chi connectivity index (χ2v) is 6.34. The van der Waals surface area contributed by atoms with E-state index in [0.717, 1.165) is 19.5 Å². The minimum Gasteiger partial charge on any atom is -0.330 e. The summed E-state index contributed by atoms with van der Waals surface area (Å²) in [4.78, 5) is 0. The van der Waals surface area contributed by atoms with E-state index in [9.17, 15) is 8.42 Å². The molecule has 16 heavy (non-hydrogen) atoms. The van der Waals surface area contributed by atoms with Gasteiger partial charge in [-0.05, 0) is 38.3 Å². The van der Waals surface area contributed by atoms with Crippen LogP contribution in [-0.2, 0) is 10.0 Å². The molecule has 0 bridgehead atoms. The molecule has 2 atom stereocenters. The minimum atomic E-state index is -3.04. The molecule has 0 aromatic carbocycles. The Morgan fingerprint density at radius 2 is 2.06 bits per heavy atom. The van der Waals surface area contributed by atoms with Crippen LogP contribution >= 0.6 is 0 Å². The van der Waals surface area contributed by atoms with Crippen LogP contribution in [-0.4, -0.2) is 40.3 Å². The average Bonchev–Trinajstić information content (AvgIpc) is 2.63. The Hall–Kier alpha value is -0.170. The number of nitrogens with one attached hydrogen (secondary N) is 2. The lowest BCUT2D eigenvalue weighted by atomic mass is 10.0. The highest BCUT2D eigenvalue weighted by atomic mass is 32.2. The van der Waals surface area contributed by atoms with Gasteiger partial charge in [0, 0.05) is 12.6 Å². The van der Waals surface area contributed by atoms with E-state index >= 15 is 0 Å². The third kappa shape index (κ3) is 5.25. The van der Waals surface area contributed by atoms with Crippen LogP contribution in [0.2, 0.25) is 0 Å². The quantitative estimate of drug-likeness (QED) is 0.538. The summed E-state index contributed by atoms with van der Waals surface area (Å²) in [6, 6.07) is 0.531. The largest absolute Gasteiger partial charge is 0.330 e. The van der Waals surface area contributed by atoms with Crippen molar-refractivity contribution in [3.8, 4) is 0 Å². The van der Waals surface area contributed by atoms with Crippen molar-refractivity contribution in [3.63, 3.8) is 0 Å². The van der Waals surface area contributed by atoms with Crippen LogP contribution in [0.5, 0.6) is 0 Å². The molecule has 0 amide bonds. The molecule has 96 valence electrons. The van der Waals surface area contributed by atoms with Gasteiger partial charge in [-0.15, -0.1) is 0 Å². The first kappa shape index (κ1) is 13.9. The lowest BCUT2D eigenvalue weighted by Gasteiger charge is -2.19. The van der Waals surface area contributed by atoms with Crippen LogP contribution < -0.4 is 15.8 Å². The summed E-state index contributed by atoms with van der Waals surface area (Å²) < 4.78 is 24.1. The van der Waals surface area contributed by atoms with Gasteiger partial charge in [0.25, 0.3) is 0 Å². The number of hydrogen-bond donors (Lipinski definition) is 3. The molecule has 0 aliphatic heterocycles. The molecule has 1 rings (SSSR count). The normalized spacial score (nSPS) is 26.1. The molecule has 1 fully saturated rings. The van der Waals surface area contributed by atoms with Gasteiger partial charge in [-0.3, -0.25) is 0 Å². The van der Waals surface area contributed by atoms with E-state index in [1.807, 2.05) is 0 Å². The van der Waals surface area contributed by atoms with Crippen molar-refractivity contribution in [1.29, 1.82) is 0 Å². The summed E-state index contributed by atoms with van der Waals surface area (Å²) >= 11 is 0. The Labute approximate surface area is 98.2 Å². The maximum atomic E-state index is 10.8. The standard InChI is InChI=1S/C10H23N3O2S/c1-16(14,15)13-7-3-6-12-10-5-2-4-9(10)8-11/h9-10,12-13H,2-8,11H2,1H3. The fourth-order valence-corrected chi connectivity index (χ4v) is 2.74. The number of sulfonamides is 1. The van der Waals surface area contributed by atoms with Crippen LogP contribution in [0.1, 0.15) is 25.7 Å². The van der Waals surface area contributed by atoms with Crippen LogP contribution in [0.15, 0.2) is 0 Å². The van der Waals surface area contributed by atoms with Crippen molar-refractivity contribution in [2.24, 2.45) is 11.7 Å². The average molecular weight is 249 g/mol. The van der Waals surface area contributed by atoms with Crippen LogP contribution in [0, 0.1) is 5.92 Å². The van der Waals surface area contributed by atoms with Gasteiger partial charge in [0.05, 0.1) is 6.26 Å². The first-order valence-corrected chi connectivity index (χ1v) is 7.80. The van der Waals surface area contributed by atoms with Gasteiger partial charge in [-0.2, -0.15) is 0 Å². The molecule has 0 radical (unpaired) electrons.